The van der Waals surface area contributed by atoms with E-state index in [0.29, 0.717) is 11.3 Å². The third-order valence-corrected chi connectivity index (χ3v) is 7.77. The van der Waals surface area contributed by atoms with Crippen molar-refractivity contribution in [3.05, 3.63) is 60.2 Å². The van der Waals surface area contributed by atoms with Crippen LogP contribution in [-0.2, 0) is 0 Å². The molecule has 0 N–H and O–H groups in total. The van der Waals surface area contributed by atoms with E-state index in [1.54, 1.807) is 12.1 Å². The number of hydrogen-bond acceptors (Lipinski definition) is 3. The van der Waals surface area contributed by atoms with Crippen LogP contribution in [0.1, 0.15) is 16.8 Å². The first kappa shape index (κ1) is 14.8. The van der Waals surface area contributed by atoms with E-state index in [0.717, 1.165) is 12.2 Å². The van der Waals surface area contributed by atoms with E-state index in [1.807, 2.05) is 36.4 Å². The Morgan fingerprint density at radius 3 is 2.55 bits per heavy atom. The lowest BCUT2D eigenvalue weighted by atomic mass is 10.2. The molecule has 0 unspecified atom stereocenters. The molecule has 4 heteroatoms. The lowest BCUT2D eigenvalue weighted by molar-refractivity contribution is 0.0735. The molecule has 22 heavy (non-hydrogen) atoms. The van der Waals surface area contributed by atoms with Crippen molar-refractivity contribution in [3.63, 3.8) is 0 Å². The summed E-state index contributed by atoms with van der Waals surface area (Å²) >= 11 is 0. The molecule has 1 aliphatic heterocycles. The molecule has 0 atom stereocenters. The predicted molar refractivity (Wildman–Crippen MR) is 92.1 cm³/mol. The number of benzene rings is 2. The summed E-state index contributed by atoms with van der Waals surface area (Å²) in [6, 6.07) is 18.3. The monoisotopic (exact) mass is 311 g/mol. The van der Waals surface area contributed by atoms with Crippen LogP contribution in [0.15, 0.2) is 54.6 Å². The minimum Gasteiger partial charge on any atom is -0.423 e. The molecule has 1 aliphatic rings. The molecule has 0 aliphatic carbocycles. The van der Waals surface area contributed by atoms with Gasteiger partial charge in [0.1, 0.15) is 5.75 Å². The maximum absolute atomic E-state index is 12.3. The number of rotatable bonds is 3. The topological polar surface area (TPSA) is 29.5 Å². The van der Waals surface area contributed by atoms with Crippen molar-refractivity contribution in [2.45, 2.75) is 25.6 Å². The fourth-order valence-electron chi connectivity index (χ4n) is 3.04. The quantitative estimate of drug-likeness (QED) is 0.480. The van der Waals surface area contributed by atoms with Gasteiger partial charge in [-0.25, -0.2) is 4.79 Å². The second kappa shape index (κ2) is 5.97. The predicted octanol–water partition coefficient (Wildman–Crippen LogP) is 4.32. The van der Waals surface area contributed by atoms with Crippen LogP contribution in [0.4, 0.5) is 5.69 Å². The summed E-state index contributed by atoms with van der Waals surface area (Å²) in [5.41, 5.74) is 1.76. The molecule has 114 valence electrons. The average Bonchev–Trinajstić information content (AvgIpc) is 2.88. The van der Waals surface area contributed by atoms with Crippen molar-refractivity contribution in [1.82, 2.24) is 0 Å². The minimum absolute atomic E-state index is 0.299. The first-order valence-corrected chi connectivity index (χ1v) is 10.9. The Bertz CT molecular complexity index is 670. The Hall–Kier alpha value is -2.07. The zero-order valence-electron chi connectivity index (χ0n) is 13.1. The van der Waals surface area contributed by atoms with Gasteiger partial charge in [-0.1, -0.05) is 37.4 Å². The van der Waals surface area contributed by atoms with Crippen LogP contribution in [0.5, 0.6) is 5.75 Å². The molecule has 0 bridgehead atoms. The molecule has 2 aromatic carbocycles. The van der Waals surface area contributed by atoms with Gasteiger partial charge in [0.15, 0.2) is 8.24 Å². The van der Waals surface area contributed by atoms with Gasteiger partial charge >= 0.3 is 5.97 Å². The van der Waals surface area contributed by atoms with Crippen molar-refractivity contribution in [2.75, 3.05) is 11.1 Å². The van der Waals surface area contributed by atoms with E-state index in [-0.39, 0.29) is 5.97 Å². The molecule has 0 spiro atoms. The maximum Gasteiger partial charge on any atom is 0.343 e. The van der Waals surface area contributed by atoms with E-state index < -0.39 is 8.24 Å². The van der Waals surface area contributed by atoms with Crippen molar-refractivity contribution in [2.24, 2.45) is 0 Å². The van der Waals surface area contributed by atoms with Crippen LogP contribution in [0.3, 0.4) is 0 Å². The Kier molecular flexibility index (Phi) is 4.03. The van der Waals surface area contributed by atoms with Gasteiger partial charge in [0, 0.05) is 12.2 Å². The Labute approximate surface area is 132 Å². The van der Waals surface area contributed by atoms with Crippen molar-refractivity contribution in [3.8, 4) is 5.75 Å². The average molecular weight is 311 g/mol. The second-order valence-electron chi connectivity index (χ2n) is 6.32. The molecule has 1 saturated heterocycles. The van der Waals surface area contributed by atoms with Crippen LogP contribution >= 0.6 is 0 Å². The summed E-state index contributed by atoms with van der Waals surface area (Å²) in [6.45, 7) is 5.86. The van der Waals surface area contributed by atoms with Crippen LogP contribution in [0.2, 0.25) is 19.1 Å². The number of carbonyl (C=O) groups excluding carboxylic acids is 1. The van der Waals surface area contributed by atoms with Crippen LogP contribution in [0.25, 0.3) is 0 Å². The number of carbonyl (C=O) groups is 1. The lowest BCUT2D eigenvalue weighted by Crippen LogP contribution is -2.43. The molecule has 1 heterocycles. The number of anilines is 1. The first-order valence-electron chi connectivity index (χ1n) is 7.71. The Morgan fingerprint density at radius 1 is 1.09 bits per heavy atom. The van der Waals surface area contributed by atoms with Crippen LogP contribution < -0.4 is 9.30 Å². The summed E-state index contributed by atoms with van der Waals surface area (Å²) in [5.74, 6) is 0.278. The highest BCUT2D eigenvalue weighted by Gasteiger charge is 2.34. The number of esters is 1. The largest absolute Gasteiger partial charge is 0.423 e. The van der Waals surface area contributed by atoms with Gasteiger partial charge in [-0.3, -0.25) is 0 Å². The fraction of sp³-hybridized carbons (Fsp3) is 0.278. The Morgan fingerprint density at radius 2 is 1.86 bits per heavy atom. The molecular formula is C18H21NO2Si. The maximum atomic E-state index is 12.3. The molecule has 1 fully saturated rings. The smallest absolute Gasteiger partial charge is 0.343 e. The summed E-state index contributed by atoms with van der Waals surface area (Å²) in [5, 5.41) is 0. The normalized spacial score (nSPS) is 16.5. The van der Waals surface area contributed by atoms with Gasteiger partial charge in [-0.2, -0.15) is 0 Å². The van der Waals surface area contributed by atoms with E-state index >= 15 is 0 Å². The zero-order chi connectivity index (χ0) is 15.6. The third-order valence-electron chi connectivity index (χ3n) is 4.25. The number of ether oxygens (including phenoxy) is 1. The molecule has 0 aromatic heterocycles. The van der Waals surface area contributed by atoms with Crippen LogP contribution in [-0.4, -0.2) is 20.7 Å². The van der Waals surface area contributed by atoms with Gasteiger partial charge in [0.25, 0.3) is 0 Å². The van der Waals surface area contributed by atoms with E-state index in [2.05, 4.69) is 23.7 Å². The first-order chi connectivity index (χ1) is 10.6. The second-order valence-corrected chi connectivity index (χ2v) is 11.0. The highest BCUT2D eigenvalue weighted by molar-refractivity contribution is 6.81. The Balaban J connectivity index is 1.81. The van der Waals surface area contributed by atoms with E-state index in [4.69, 9.17) is 4.74 Å². The summed E-state index contributed by atoms with van der Waals surface area (Å²) in [7, 11) is -1.36. The number of hydrogen-bond donors (Lipinski definition) is 0. The summed E-state index contributed by atoms with van der Waals surface area (Å²) in [6.07, 6.45) is 1.25. The highest BCUT2D eigenvalue weighted by atomic mass is 28.3. The van der Waals surface area contributed by atoms with Gasteiger partial charge in [0.2, 0.25) is 0 Å². The molecule has 0 amide bonds. The molecule has 0 radical (unpaired) electrons. The van der Waals surface area contributed by atoms with Gasteiger partial charge in [0.05, 0.1) is 5.56 Å². The highest BCUT2D eigenvalue weighted by Crippen LogP contribution is 2.31. The molecule has 2 aromatic rings. The third kappa shape index (κ3) is 3.07. The minimum atomic E-state index is -1.36. The number of nitrogens with zero attached hydrogens (tertiary/aromatic N) is 1. The SMILES string of the molecule is C[Si]1(C)CCCN1c1cccc(C(=O)Oc2ccccc2)c1. The molecule has 0 saturated carbocycles. The standard InChI is InChI=1S/C18H21NO2Si/c1-22(2)13-7-12-19(22)16-9-6-8-15(14-16)18(20)21-17-10-4-3-5-11-17/h3-6,8-11,14H,7,12-13H2,1-2H3. The van der Waals surface area contributed by atoms with Crippen molar-refractivity contribution < 1.29 is 9.53 Å². The zero-order valence-corrected chi connectivity index (χ0v) is 14.1. The van der Waals surface area contributed by atoms with Crippen LogP contribution in [0, 0.1) is 0 Å². The van der Waals surface area contributed by atoms with Crippen molar-refractivity contribution >= 4 is 19.9 Å². The fourth-order valence-corrected chi connectivity index (χ4v) is 5.94. The molecule has 3 rings (SSSR count). The summed E-state index contributed by atoms with van der Waals surface area (Å²) < 4.78 is 7.93. The van der Waals surface area contributed by atoms with Gasteiger partial charge in [-0.05, 0) is 42.8 Å². The molecular weight excluding hydrogens is 290 g/mol. The summed E-state index contributed by atoms with van der Waals surface area (Å²) in [4.78, 5) is 12.3. The van der Waals surface area contributed by atoms with Gasteiger partial charge < -0.3 is 9.30 Å². The van der Waals surface area contributed by atoms with E-state index in [1.165, 1.54) is 12.5 Å². The lowest BCUT2D eigenvalue weighted by Gasteiger charge is -2.32. The van der Waals surface area contributed by atoms with E-state index in [9.17, 15) is 4.79 Å². The number of para-hydroxylation sites is 1. The van der Waals surface area contributed by atoms with Crippen molar-refractivity contribution in [1.29, 1.82) is 0 Å². The molecule has 3 nitrogen and oxygen atoms in total. The van der Waals surface area contributed by atoms with Gasteiger partial charge in [-0.15, -0.1) is 0 Å².